The van der Waals surface area contributed by atoms with Gasteiger partial charge in [0.1, 0.15) is 0 Å². The third-order valence-electron chi connectivity index (χ3n) is 4.21. The standard InChI is InChI=1S/C17H25NO3/c1-4-17(5-2,14-10-8-7-9-11-14)16(21)18(6-3)13-12-15(19)20/h7-11H,4-6,12-13H2,1-3H3,(H,19,20). The molecule has 0 radical (unpaired) electrons. The highest BCUT2D eigenvalue weighted by Gasteiger charge is 2.39. The Morgan fingerprint density at radius 3 is 2.10 bits per heavy atom. The maximum atomic E-state index is 13.0. The molecule has 0 aromatic heterocycles. The van der Waals surface area contributed by atoms with E-state index in [2.05, 4.69) is 0 Å². The van der Waals surface area contributed by atoms with Gasteiger partial charge in [0.2, 0.25) is 5.91 Å². The van der Waals surface area contributed by atoms with Crippen LogP contribution in [-0.4, -0.2) is 35.0 Å². The number of benzene rings is 1. The van der Waals surface area contributed by atoms with Crippen LogP contribution in [0, 0.1) is 0 Å². The molecule has 21 heavy (non-hydrogen) atoms. The number of hydrogen-bond donors (Lipinski definition) is 1. The fourth-order valence-corrected chi connectivity index (χ4v) is 2.78. The zero-order chi connectivity index (χ0) is 15.9. The molecule has 0 saturated carbocycles. The molecule has 0 bridgehead atoms. The fraction of sp³-hybridized carbons (Fsp3) is 0.529. The highest BCUT2D eigenvalue weighted by atomic mass is 16.4. The second-order valence-corrected chi connectivity index (χ2v) is 5.18. The van der Waals surface area contributed by atoms with Crippen molar-refractivity contribution in [3.63, 3.8) is 0 Å². The van der Waals surface area contributed by atoms with Gasteiger partial charge in [-0.15, -0.1) is 0 Å². The summed E-state index contributed by atoms with van der Waals surface area (Å²) >= 11 is 0. The van der Waals surface area contributed by atoms with E-state index in [4.69, 9.17) is 5.11 Å². The van der Waals surface area contributed by atoms with Crippen LogP contribution in [-0.2, 0) is 15.0 Å². The largest absolute Gasteiger partial charge is 0.481 e. The Bertz CT molecular complexity index is 466. The summed E-state index contributed by atoms with van der Waals surface area (Å²) in [6.45, 7) is 6.71. The lowest BCUT2D eigenvalue weighted by Gasteiger charge is -2.36. The van der Waals surface area contributed by atoms with Crippen LogP contribution in [0.2, 0.25) is 0 Å². The van der Waals surface area contributed by atoms with E-state index in [0.717, 1.165) is 5.56 Å². The minimum absolute atomic E-state index is 0.0160. The molecule has 0 aliphatic carbocycles. The van der Waals surface area contributed by atoms with Gasteiger partial charge < -0.3 is 10.0 Å². The quantitative estimate of drug-likeness (QED) is 0.801. The van der Waals surface area contributed by atoms with E-state index in [1.807, 2.05) is 51.1 Å². The van der Waals surface area contributed by atoms with E-state index in [0.29, 0.717) is 19.4 Å². The lowest BCUT2D eigenvalue weighted by atomic mass is 9.74. The van der Waals surface area contributed by atoms with Crippen LogP contribution in [0.4, 0.5) is 0 Å². The van der Waals surface area contributed by atoms with Gasteiger partial charge in [0, 0.05) is 13.1 Å². The molecule has 4 nitrogen and oxygen atoms in total. The van der Waals surface area contributed by atoms with Crippen LogP contribution in [0.15, 0.2) is 30.3 Å². The Hall–Kier alpha value is -1.84. The minimum atomic E-state index is -0.875. The number of carbonyl (C=O) groups excluding carboxylic acids is 1. The molecule has 0 aliphatic heterocycles. The molecule has 1 amide bonds. The summed E-state index contributed by atoms with van der Waals surface area (Å²) in [4.78, 5) is 25.4. The molecule has 1 aromatic carbocycles. The van der Waals surface area contributed by atoms with E-state index < -0.39 is 11.4 Å². The normalized spacial score (nSPS) is 11.2. The first-order chi connectivity index (χ1) is 10.0. The summed E-state index contributed by atoms with van der Waals surface area (Å²) in [6, 6.07) is 9.78. The highest BCUT2D eigenvalue weighted by Crippen LogP contribution is 2.33. The number of hydrogen-bond acceptors (Lipinski definition) is 2. The summed E-state index contributed by atoms with van der Waals surface area (Å²) in [7, 11) is 0. The summed E-state index contributed by atoms with van der Waals surface area (Å²) < 4.78 is 0. The van der Waals surface area contributed by atoms with Crippen molar-refractivity contribution in [2.75, 3.05) is 13.1 Å². The second kappa shape index (κ2) is 7.81. The molecule has 0 atom stereocenters. The van der Waals surface area contributed by atoms with Crippen LogP contribution in [0.3, 0.4) is 0 Å². The van der Waals surface area contributed by atoms with E-state index >= 15 is 0 Å². The van der Waals surface area contributed by atoms with Gasteiger partial charge in [-0.25, -0.2) is 0 Å². The van der Waals surface area contributed by atoms with Crippen LogP contribution >= 0.6 is 0 Å². The molecule has 1 aromatic rings. The molecule has 0 saturated heterocycles. The van der Waals surface area contributed by atoms with Gasteiger partial charge in [-0.3, -0.25) is 9.59 Å². The van der Waals surface area contributed by atoms with Crippen molar-refractivity contribution in [3.05, 3.63) is 35.9 Å². The molecule has 0 fully saturated rings. The van der Waals surface area contributed by atoms with Gasteiger partial charge in [-0.05, 0) is 25.3 Å². The summed E-state index contributed by atoms with van der Waals surface area (Å²) in [5, 5.41) is 8.84. The van der Waals surface area contributed by atoms with Gasteiger partial charge in [0.15, 0.2) is 0 Å². The average molecular weight is 291 g/mol. The maximum Gasteiger partial charge on any atom is 0.305 e. The Morgan fingerprint density at radius 1 is 1.10 bits per heavy atom. The van der Waals surface area contributed by atoms with E-state index in [1.54, 1.807) is 4.90 Å². The number of aliphatic carboxylic acids is 1. The number of rotatable bonds is 8. The van der Waals surface area contributed by atoms with Crippen molar-refractivity contribution in [3.8, 4) is 0 Å². The summed E-state index contributed by atoms with van der Waals surface area (Å²) in [5.41, 5.74) is 0.448. The highest BCUT2D eigenvalue weighted by molar-refractivity contribution is 5.88. The third-order valence-corrected chi connectivity index (χ3v) is 4.21. The molecular formula is C17H25NO3. The Labute approximate surface area is 126 Å². The molecule has 0 heterocycles. The van der Waals surface area contributed by atoms with Crippen LogP contribution in [0.1, 0.15) is 45.6 Å². The number of nitrogens with zero attached hydrogens (tertiary/aromatic N) is 1. The molecule has 1 N–H and O–H groups in total. The van der Waals surface area contributed by atoms with Crippen LogP contribution in [0.25, 0.3) is 0 Å². The molecule has 0 spiro atoms. The Balaban J connectivity index is 3.08. The first kappa shape index (κ1) is 17.2. The van der Waals surface area contributed by atoms with Crippen LogP contribution < -0.4 is 0 Å². The zero-order valence-electron chi connectivity index (χ0n) is 13.1. The van der Waals surface area contributed by atoms with E-state index in [9.17, 15) is 9.59 Å². The first-order valence-electron chi connectivity index (χ1n) is 7.58. The van der Waals surface area contributed by atoms with Crippen molar-refractivity contribution in [1.29, 1.82) is 0 Å². The zero-order valence-corrected chi connectivity index (χ0v) is 13.1. The monoisotopic (exact) mass is 291 g/mol. The number of carbonyl (C=O) groups is 2. The first-order valence-corrected chi connectivity index (χ1v) is 7.58. The lowest BCUT2D eigenvalue weighted by Crippen LogP contribution is -2.47. The summed E-state index contributed by atoms with van der Waals surface area (Å²) in [6.07, 6.45) is 1.39. The van der Waals surface area contributed by atoms with Gasteiger partial charge in [-0.1, -0.05) is 44.2 Å². The molecule has 116 valence electrons. The lowest BCUT2D eigenvalue weighted by molar-refractivity contribution is -0.140. The smallest absolute Gasteiger partial charge is 0.305 e. The van der Waals surface area contributed by atoms with Crippen molar-refractivity contribution >= 4 is 11.9 Å². The SMILES string of the molecule is CCN(CCC(=O)O)C(=O)C(CC)(CC)c1ccccc1. The van der Waals surface area contributed by atoms with Crippen molar-refractivity contribution < 1.29 is 14.7 Å². The minimum Gasteiger partial charge on any atom is -0.481 e. The molecule has 1 rings (SSSR count). The predicted octanol–water partition coefficient (Wildman–Crippen LogP) is 3.07. The molecule has 4 heteroatoms. The summed E-state index contributed by atoms with van der Waals surface area (Å²) in [5.74, 6) is -0.845. The van der Waals surface area contributed by atoms with E-state index in [-0.39, 0.29) is 18.9 Å². The van der Waals surface area contributed by atoms with E-state index in [1.165, 1.54) is 0 Å². The van der Waals surface area contributed by atoms with Crippen molar-refractivity contribution in [2.45, 2.75) is 45.4 Å². The van der Waals surface area contributed by atoms with Gasteiger partial charge >= 0.3 is 5.97 Å². The van der Waals surface area contributed by atoms with Gasteiger partial charge in [-0.2, -0.15) is 0 Å². The molecule has 0 aliphatic rings. The number of carboxylic acid groups (broad SMARTS) is 1. The predicted molar refractivity (Wildman–Crippen MR) is 83.2 cm³/mol. The van der Waals surface area contributed by atoms with Crippen molar-refractivity contribution in [1.82, 2.24) is 4.90 Å². The van der Waals surface area contributed by atoms with Crippen LogP contribution in [0.5, 0.6) is 0 Å². The maximum absolute atomic E-state index is 13.0. The topological polar surface area (TPSA) is 57.6 Å². The van der Waals surface area contributed by atoms with Crippen molar-refractivity contribution in [2.24, 2.45) is 0 Å². The number of carboxylic acids is 1. The molecule has 0 unspecified atom stereocenters. The Morgan fingerprint density at radius 2 is 1.67 bits per heavy atom. The van der Waals surface area contributed by atoms with Gasteiger partial charge in [0.25, 0.3) is 0 Å². The molecular weight excluding hydrogens is 266 g/mol. The van der Waals surface area contributed by atoms with Gasteiger partial charge in [0.05, 0.1) is 11.8 Å². The average Bonchev–Trinajstić information content (AvgIpc) is 2.50. The fourth-order valence-electron chi connectivity index (χ4n) is 2.78. The third kappa shape index (κ3) is 3.84. The number of amides is 1. The number of likely N-dealkylation sites (N-methyl/N-ethyl adjacent to an activating group) is 1. The Kier molecular flexibility index (Phi) is 6.40. The second-order valence-electron chi connectivity index (χ2n) is 5.18.